The van der Waals surface area contributed by atoms with Gasteiger partial charge in [-0.2, -0.15) is 4.72 Å². The van der Waals surface area contributed by atoms with E-state index >= 15 is 0 Å². The SMILES string of the molecule is CC(C)(C(=O)O)C(Cl)NS(=O)(=O)c1cccs1. The molecule has 0 spiro atoms. The van der Waals surface area contributed by atoms with Gasteiger partial charge in [-0.15, -0.1) is 22.9 Å². The third-order valence-electron chi connectivity index (χ3n) is 2.20. The van der Waals surface area contributed by atoms with Crippen LogP contribution in [0.2, 0.25) is 0 Å². The molecule has 1 heterocycles. The molecule has 0 aliphatic carbocycles. The van der Waals surface area contributed by atoms with Crippen molar-refractivity contribution in [2.45, 2.75) is 23.6 Å². The molecule has 1 atom stereocenters. The van der Waals surface area contributed by atoms with Gasteiger partial charge in [-0.3, -0.25) is 4.79 Å². The molecule has 8 heteroatoms. The van der Waals surface area contributed by atoms with Gasteiger partial charge in [-0.1, -0.05) is 6.07 Å². The van der Waals surface area contributed by atoms with Gasteiger partial charge in [-0.25, -0.2) is 8.42 Å². The van der Waals surface area contributed by atoms with Crippen LogP contribution in [0.25, 0.3) is 0 Å². The van der Waals surface area contributed by atoms with Crippen molar-refractivity contribution >= 4 is 38.9 Å². The Labute approximate surface area is 108 Å². The zero-order valence-corrected chi connectivity index (χ0v) is 11.6. The highest BCUT2D eigenvalue weighted by molar-refractivity contribution is 7.91. The molecule has 1 rings (SSSR count). The molecule has 0 saturated carbocycles. The maximum absolute atomic E-state index is 11.8. The molecule has 17 heavy (non-hydrogen) atoms. The second-order valence-electron chi connectivity index (χ2n) is 3.94. The fourth-order valence-electron chi connectivity index (χ4n) is 0.866. The molecule has 96 valence electrons. The van der Waals surface area contributed by atoms with Crippen LogP contribution in [0.5, 0.6) is 0 Å². The van der Waals surface area contributed by atoms with Crippen molar-refractivity contribution in [3.63, 3.8) is 0 Å². The lowest BCUT2D eigenvalue weighted by Crippen LogP contribution is -2.45. The van der Waals surface area contributed by atoms with Crippen LogP contribution in [0.15, 0.2) is 21.7 Å². The molecule has 1 aromatic heterocycles. The predicted molar refractivity (Wildman–Crippen MR) is 65.7 cm³/mol. The third-order valence-corrected chi connectivity index (χ3v) is 5.81. The molecule has 2 N–H and O–H groups in total. The Kier molecular flexibility index (Phi) is 4.19. The summed E-state index contributed by atoms with van der Waals surface area (Å²) in [7, 11) is -3.76. The maximum atomic E-state index is 11.8. The fraction of sp³-hybridized carbons (Fsp3) is 0.444. The number of alkyl halides is 1. The van der Waals surface area contributed by atoms with E-state index in [9.17, 15) is 13.2 Å². The summed E-state index contributed by atoms with van der Waals surface area (Å²) in [5.74, 6) is -1.17. The Morgan fingerprint density at radius 1 is 1.59 bits per heavy atom. The van der Waals surface area contributed by atoms with Crippen LogP contribution < -0.4 is 4.72 Å². The minimum absolute atomic E-state index is 0.101. The molecule has 0 fully saturated rings. The van der Waals surface area contributed by atoms with E-state index in [1.807, 2.05) is 0 Å². The topological polar surface area (TPSA) is 83.5 Å². The summed E-state index contributed by atoms with van der Waals surface area (Å²) in [6, 6.07) is 3.01. The van der Waals surface area contributed by atoms with Crippen LogP contribution in [0.1, 0.15) is 13.8 Å². The summed E-state index contributed by atoms with van der Waals surface area (Å²) < 4.78 is 25.8. The molecule has 1 aromatic rings. The van der Waals surface area contributed by atoms with Crippen LogP contribution in [0.4, 0.5) is 0 Å². The van der Waals surface area contributed by atoms with Crippen molar-refractivity contribution in [3.8, 4) is 0 Å². The van der Waals surface area contributed by atoms with Crippen LogP contribution in [-0.2, 0) is 14.8 Å². The van der Waals surface area contributed by atoms with Gasteiger partial charge in [0.15, 0.2) is 0 Å². The van der Waals surface area contributed by atoms with E-state index in [1.165, 1.54) is 19.9 Å². The molecule has 0 aromatic carbocycles. The van der Waals surface area contributed by atoms with Crippen molar-refractivity contribution in [1.29, 1.82) is 0 Å². The largest absolute Gasteiger partial charge is 0.481 e. The molecule has 0 aliphatic heterocycles. The second kappa shape index (κ2) is 4.93. The first-order valence-corrected chi connectivity index (χ1v) is 7.41. The average molecular weight is 298 g/mol. The lowest BCUT2D eigenvalue weighted by molar-refractivity contribution is -0.147. The Morgan fingerprint density at radius 2 is 2.18 bits per heavy atom. The zero-order chi connectivity index (χ0) is 13.3. The number of thiophene rings is 1. The second-order valence-corrected chi connectivity index (χ2v) is 7.27. The number of carboxylic acids is 1. The maximum Gasteiger partial charge on any atom is 0.311 e. The van der Waals surface area contributed by atoms with Crippen molar-refractivity contribution in [2.24, 2.45) is 5.41 Å². The first kappa shape index (κ1) is 14.4. The molecule has 5 nitrogen and oxygen atoms in total. The van der Waals surface area contributed by atoms with Gasteiger partial charge in [0.1, 0.15) is 9.71 Å². The molecular formula is C9H12ClNO4S2. The van der Waals surface area contributed by atoms with Crippen LogP contribution >= 0.6 is 22.9 Å². The van der Waals surface area contributed by atoms with E-state index in [0.29, 0.717) is 0 Å². The summed E-state index contributed by atoms with van der Waals surface area (Å²) in [5, 5.41) is 10.5. The van der Waals surface area contributed by atoms with Crippen LogP contribution in [0, 0.1) is 5.41 Å². The highest BCUT2D eigenvalue weighted by Gasteiger charge is 2.38. The summed E-state index contributed by atoms with van der Waals surface area (Å²) in [6.07, 6.45) is 0. The van der Waals surface area contributed by atoms with Crippen molar-refractivity contribution in [3.05, 3.63) is 17.5 Å². The molecule has 0 radical (unpaired) electrons. The Balaban J connectivity index is 2.90. The first-order valence-electron chi connectivity index (χ1n) is 4.61. The monoisotopic (exact) mass is 297 g/mol. The molecular weight excluding hydrogens is 286 g/mol. The smallest absolute Gasteiger partial charge is 0.311 e. The van der Waals surface area contributed by atoms with Gasteiger partial charge < -0.3 is 5.11 Å². The molecule has 1 unspecified atom stereocenters. The van der Waals surface area contributed by atoms with Crippen molar-refractivity contribution in [1.82, 2.24) is 4.72 Å². The predicted octanol–water partition coefficient (Wildman–Crippen LogP) is 1.70. The van der Waals surface area contributed by atoms with E-state index in [4.69, 9.17) is 16.7 Å². The van der Waals surface area contributed by atoms with E-state index in [0.717, 1.165) is 11.3 Å². The van der Waals surface area contributed by atoms with Gasteiger partial charge in [0.2, 0.25) is 0 Å². The van der Waals surface area contributed by atoms with Crippen molar-refractivity contribution < 1.29 is 18.3 Å². The van der Waals surface area contributed by atoms with Crippen LogP contribution in [0.3, 0.4) is 0 Å². The number of sulfonamides is 1. The Hall–Kier alpha value is -0.630. The quantitative estimate of drug-likeness (QED) is 0.640. The molecule has 0 amide bonds. The summed E-state index contributed by atoms with van der Waals surface area (Å²) in [5.41, 5.74) is -2.63. The van der Waals surface area contributed by atoms with E-state index < -0.39 is 26.9 Å². The number of rotatable bonds is 5. The number of carboxylic acid groups (broad SMARTS) is 1. The Morgan fingerprint density at radius 3 is 2.59 bits per heavy atom. The lowest BCUT2D eigenvalue weighted by Gasteiger charge is -2.25. The fourth-order valence-corrected chi connectivity index (χ4v) is 3.52. The minimum Gasteiger partial charge on any atom is -0.481 e. The number of carbonyl (C=O) groups is 1. The number of nitrogens with one attached hydrogen (secondary N) is 1. The van der Waals surface area contributed by atoms with E-state index in [2.05, 4.69) is 4.72 Å². The molecule has 0 bridgehead atoms. The van der Waals surface area contributed by atoms with Gasteiger partial charge in [-0.05, 0) is 25.3 Å². The number of hydrogen-bond donors (Lipinski definition) is 2. The molecule has 0 aliphatic rings. The van der Waals surface area contributed by atoms with Crippen molar-refractivity contribution in [2.75, 3.05) is 0 Å². The van der Waals surface area contributed by atoms with E-state index in [-0.39, 0.29) is 4.21 Å². The van der Waals surface area contributed by atoms with E-state index in [1.54, 1.807) is 11.4 Å². The number of aliphatic carboxylic acids is 1. The van der Waals surface area contributed by atoms with Gasteiger partial charge in [0.25, 0.3) is 10.0 Å². The summed E-state index contributed by atoms with van der Waals surface area (Å²) >= 11 is 6.84. The van der Waals surface area contributed by atoms with Gasteiger partial charge in [0.05, 0.1) is 5.41 Å². The first-order chi connectivity index (χ1) is 7.68. The normalized spacial score (nSPS) is 14.5. The lowest BCUT2D eigenvalue weighted by atomic mass is 9.94. The standard InChI is InChI=1S/C9H12ClNO4S2/c1-9(2,8(12)13)7(10)11-17(14,15)6-4-3-5-16-6/h3-5,7,11H,1-2H3,(H,12,13). The Bertz CT molecular complexity index is 495. The van der Waals surface area contributed by atoms with Gasteiger partial charge in [0, 0.05) is 0 Å². The van der Waals surface area contributed by atoms with Gasteiger partial charge >= 0.3 is 5.97 Å². The highest BCUT2D eigenvalue weighted by Crippen LogP contribution is 2.26. The van der Waals surface area contributed by atoms with Crippen LogP contribution in [-0.4, -0.2) is 25.0 Å². The molecule has 0 saturated heterocycles. The summed E-state index contributed by atoms with van der Waals surface area (Å²) in [6.45, 7) is 2.70. The third kappa shape index (κ3) is 3.19. The zero-order valence-electron chi connectivity index (χ0n) is 9.18. The number of hydrogen-bond acceptors (Lipinski definition) is 4. The minimum atomic E-state index is -3.76. The number of halogens is 1. The average Bonchev–Trinajstić information content (AvgIpc) is 2.69. The summed E-state index contributed by atoms with van der Waals surface area (Å²) in [4.78, 5) is 10.9. The highest BCUT2D eigenvalue weighted by atomic mass is 35.5.